The number of hydrogen-bond donors (Lipinski definition) is 1. The van der Waals surface area contributed by atoms with E-state index >= 15 is 0 Å². The van der Waals surface area contributed by atoms with Gasteiger partial charge in [0.1, 0.15) is 5.25 Å². The molecule has 0 amide bonds. The molecule has 96 valence electrons. The van der Waals surface area contributed by atoms with E-state index in [0.29, 0.717) is 11.7 Å². The van der Waals surface area contributed by atoms with Crippen LogP contribution >= 0.6 is 11.8 Å². The first-order valence-corrected chi connectivity index (χ1v) is 7.29. The van der Waals surface area contributed by atoms with Crippen molar-refractivity contribution >= 4 is 17.7 Å². The molecule has 2 atom stereocenters. The van der Waals surface area contributed by atoms with Crippen LogP contribution in [0.15, 0.2) is 42.5 Å². The molecule has 1 aromatic carbocycles. The average molecular weight is 262 g/mol. The van der Waals surface area contributed by atoms with Gasteiger partial charge in [0.05, 0.1) is 0 Å². The Morgan fingerprint density at radius 2 is 2.17 bits per heavy atom. The molecule has 0 fully saturated rings. The average Bonchev–Trinajstić information content (AvgIpc) is 2.40. The normalized spacial score (nSPS) is 20.6. The number of carboxylic acids is 1. The maximum atomic E-state index is 11.3. The van der Waals surface area contributed by atoms with Gasteiger partial charge in [0, 0.05) is 5.25 Å². The van der Waals surface area contributed by atoms with E-state index in [4.69, 9.17) is 0 Å². The maximum absolute atomic E-state index is 11.3. The van der Waals surface area contributed by atoms with Gasteiger partial charge in [0.15, 0.2) is 0 Å². The molecule has 0 aliphatic heterocycles. The molecule has 3 heteroatoms. The smallest absolute Gasteiger partial charge is 0.316 e. The van der Waals surface area contributed by atoms with Gasteiger partial charge in [-0.25, -0.2) is 0 Å². The van der Waals surface area contributed by atoms with Crippen LogP contribution in [0.3, 0.4) is 0 Å². The standard InChI is InChI=1S/C15H18O2S/c16-15(17)14(11-12-7-3-1-4-8-12)18-13-9-5-2-6-10-13/h1,3-5,7-9,13-14H,2,6,10-11H2,(H,16,17). The third-order valence-corrected chi connectivity index (χ3v) is 4.53. The zero-order valence-corrected chi connectivity index (χ0v) is 11.1. The number of rotatable bonds is 5. The molecule has 1 N–H and O–H groups in total. The number of carboxylic acid groups (broad SMARTS) is 1. The van der Waals surface area contributed by atoms with Crippen LogP contribution in [-0.4, -0.2) is 21.6 Å². The summed E-state index contributed by atoms with van der Waals surface area (Å²) in [5.41, 5.74) is 1.09. The molecule has 0 radical (unpaired) electrons. The Kier molecular flexibility index (Phi) is 4.88. The summed E-state index contributed by atoms with van der Waals surface area (Å²) in [6, 6.07) is 9.86. The van der Waals surface area contributed by atoms with Gasteiger partial charge in [-0.1, -0.05) is 42.5 Å². The maximum Gasteiger partial charge on any atom is 0.316 e. The molecule has 0 bridgehead atoms. The van der Waals surface area contributed by atoms with E-state index in [0.717, 1.165) is 18.4 Å². The fraction of sp³-hybridized carbons (Fsp3) is 0.400. The monoisotopic (exact) mass is 262 g/mol. The third-order valence-electron chi connectivity index (χ3n) is 3.09. The van der Waals surface area contributed by atoms with E-state index in [2.05, 4.69) is 12.2 Å². The van der Waals surface area contributed by atoms with Gasteiger partial charge < -0.3 is 5.11 Å². The van der Waals surface area contributed by atoms with E-state index in [-0.39, 0.29) is 5.25 Å². The number of thioether (sulfide) groups is 1. The van der Waals surface area contributed by atoms with Gasteiger partial charge in [-0.15, -0.1) is 11.8 Å². The van der Waals surface area contributed by atoms with E-state index in [1.54, 1.807) is 11.8 Å². The van der Waals surface area contributed by atoms with Crippen molar-refractivity contribution < 1.29 is 9.90 Å². The van der Waals surface area contributed by atoms with Crippen LogP contribution in [0.2, 0.25) is 0 Å². The Bertz CT molecular complexity index is 414. The molecule has 2 nitrogen and oxygen atoms in total. The molecule has 1 aliphatic rings. The molecule has 1 aromatic rings. The quantitative estimate of drug-likeness (QED) is 0.825. The summed E-state index contributed by atoms with van der Waals surface area (Å²) in [5.74, 6) is -0.706. The molecule has 0 spiro atoms. The first-order valence-electron chi connectivity index (χ1n) is 6.34. The first-order chi connectivity index (χ1) is 8.75. The largest absolute Gasteiger partial charge is 0.480 e. The Balaban J connectivity index is 1.98. The molecule has 0 aromatic heterocycles. The highest BCUT2D eigenvalue weighted by Gasteiger charge is 2.22. The lowest BCUT2D eigenvalue weighted by Gasteiger charge is -2.20. The van der Waals surface area contributed by atoms with Gasteiger partial charge in [-0.3, -0.25) is 4.79 Å². The molecule has 0 saturated carbocycles. The number of allylic oxidation sites excluding steroid dienone is 1. The molecule has 2 unspecified atom stereocenters. The summed E-state index contributed by atoms with van der Waals surface area (Å²) in [7, 11) is 0. The lowest BCUT2D eigenvalue weighted by molar-refractivity contribution is -0.136. The number of carbonyl (C=O) groups is 1. The van der Waals surface area contributed by atoms with Gasteiger partial charge in [0.2, 0.25) is 0 Å². The van der Waals surface area contributed by atoms with Crippen LogP contribution in [-0.2, 0) is 11.2 Å². The highest BCUT2D eigenvalue weighted by atomic mass is 32.2. The van der Waals surface area contributed by atoms with E-state index in [9.17, 15) is 9.90 Å². The first kappa shape index (κ1) is 13.2. The SMILES string of the molecule is O=C(O)C(Cc1ccccc1)SC1C=CCCC1. The lowest BCUT2D eigenvalue weighted by Crippen LogP contribution is -2.22. The topological polar surface area (TPSA) is 37.3 Å². The van der Waals surface area contributed by atoms with E-state index < -0.39 is 5.97 Å². The van der Waals surface area contributed by atoms with E-state index in [1.807, 2.05) is 30.3 Å². The highest BCUT2D eigenvalue weighted by molar-refractivity contribution is 8.01. The predicted octanol–water partition coefficient (Wildman–Crippen LogP) is 3.52. The lowest BCUT2D eigenvalue weighted by atomic mass is 10.1. The second-order valence-electron chi connectivity index (χ2n) is 4.55. The van der Waals surface area contributed by atoms with Crippen LogP contribution < -0.4 is 0 Å². The number of benzene rings is 1. The van der Waals surface area contributed by atoms with E-state index in [1.165, 1.54) is 6.42 Å². The highest BCUT2D eigenvalue weighted by Crippen LogP contribution is 2.28. The second kappa shape index (κ2) is 6.64. The molecule has 18 heavy (non-hydrogen) atoms. The zero-order valence-electron chi connectivity index (χ0n) is 10.3. The zero-order chi connectivity index (χ0) is 12.8. The Hall–Kier alpha value is -1.22. The summed E-state index contributed by atoms with van der Waals surface area (Å²) in [6.07, 6.45) is 8.34. The minimum absolute atomic E-state index is 0.347. The van der Waals surface area contributed by atoms with Crippen molar-refractivity contribution in [1.29, 1.82) is 0 Å². The van der Waals surface area contributed by atoms with Crippen molar-refractivity contribution in [3.05, 3.63) is 48.0 Å². The Labute approximate surface area is 112 Å². The van der Waals surface area contributed by atoms with Gasteiger partial charge >= 0.3 is 5.97 Å². The summed E-state index contributed by atoms with van der Waals surface area (Å²) in [4.78, 5) is 11.3. The van der Waals surface area contributed by atoms with Crippen molar-refractivity contribution in [3.8, 4) is 0 Å². The van der Waals surface area contributed by atoms with Gasteiger partial charge in [0.25, 0.3) is 0 Å². The summed E-state index contributed by atoms with van der Waals surface area (Å²) in [5, 5.41) is 9.34. The summed E-state index contributed by atoms with van der Waals surface area (Å²) >= 11 is 1.58. The van der Waals surface area contributed by atoms with Crippen LogP contribution in [0.25, 0.3) is 0 Å². The van der Waals surface area contributed by atoms with Crippen molar-refractivity contribution in [2.45, 2.75) is 36.2 Å². The molecule has 2 rings (SSSR count). The Morgan fingerprint density at radius 3 is 2.78 bits per heavy atom. The Morgan fingerprint density at radius 1 is 1.39 bits per heavy atom. The van der Waals surface area contributed by atoms with Gasteiger partial charge in [-0.2, -0.15) is 0 Å². The minimum Gasteiger partial charge on any atom is -0.480 e. The predicted molar refractivity (Wildman–Crippen MR) is 75.9 cm³/mol. The molecule has 0 heterocycles. The van der Waals surface area contributed by atoms with Crippen LogP contribution in [0.1, 0.15) is 24.8 Å². The van der Waals surface area contributed by atoms with Gasteiger partial charge in [-0.05, 0) is 31.2 Å². The van der Waals surface area contributed by atoms with Crippen molar-refractivity contribution in [2.75, 3.05) is 0 Å². The molecule has 0 saturated heterocycles. The van der Waals surface area contributed by atoms with Crippen molar-refractivity contribution in [2.24, 2.45) is 0 Å². The molecular formula is C15H18O2S. The molecule has 1 aliphatic carbocycles. The van der Waals surface area contributed by atoms with Crippen molar-refractivity contribution in [1.82, 2.24) is 0 Å². The summed E-state index contributed by atoms with van der Waals surface area (Å²) < 4.78 is 0. The van der Waals surface area contributed by atoms with Crippen LogP contribution in [0.4, 0.5) is 0 Å². The number of aliphatic carboxylic acids is 1. The number of hydrogen-bond acceptors (Lipinski definition) is 2. The van der Waals surface area contributed by atoms with Crippen molar-refractivity contribution in [3.63, 3.8) is 0 Å². The minimum atomic E-state index is -0.706. The van der Waals surface area contributed by atoms with Crippen LogP contribution in [0, 0.1) is 0 Å². The second-order valence-corrected chi connectivity index (χ2v) is 6.00. The fourth-order valence-electron chi connectivity index (χ4n) is 2.13. The third kappa shape index (κ3) is 3.91. The fourth-order valence-corrected chi connectivity index (χ4v) is 3.46. The summed E-state index contributed by atoms with van der Waals surface area (Å²) in [6.45, 7) is 0. The van der Waals surface area contributed by atoms with Crippen LogP contribution in [0.5, 0.6) is 0 Å². The molecular weight excluding hydrogens is 244 g/mol.